The summed E-state index contributed by atoms with van der Waals surface area (Å²) in [6.45, 7) is 5.04. The summed E-state index contributed by atoms with van der Waals surface area (Å²) in [7, 11) is 0. The highest BCUT2D eigenvalue weighted by Crippen LogP contribution is 2.08. The van der Waals surface area contributed by atoms with Crippen LogP contribution in [-0.2, 0) is 9.59 Å². The molecule has 0 aliphatic carbocycles. The Bertz CT molecular complexity index is 241. The van der Waals surface area contributed by atoms with Gasteiger partial charge in [0.05, 0.1) is 6.54 Å². The zero-order valence-electron chi connectivity index (χ0n) is 9.58. The lowest BCUT2D eigenvalue weighted by Gasteiger charge is -2.17. The van der Waals surface area contributed by atoms with Gasteiger partial charge in [-0.25, -0.2) is 0 Å². The second kappa shape index (κ2) is 5.73. The van der Waals surface area contributed by atoms with Gasteiger partial charge in [0.1, 0.15) is 0 Å². The standard InChI is InChI=1S/C11H20N2O2/c1-3-5-9(2)12-10(14)8-13-7-4-6-11(13)15/h9H,3-8H2,1-2H3,(H,12,14)/t9-/m1/s1. The van der Waals surface area contributed by atoms with Crippen LogP contribution in [0.25, 0.3) is 0 Å². The van der Waals surface area contributed by atoms with Gasteiger partial charge in [0.25, 0.3) is 0 Å². The third kappa shape index (κ3) is 3.90. The Hall–Kier alpha value is -1.06. The molecule has 1 aliphatic heterocycles. The van der Waals surface area contributed by atoms with Crippen LogP contribution >= 0.6 is 0 Å². The predicted octanol–water partition coefficient (Wildman–Crippen LogP) is 0.914. The zero-order valence-corrected chi connectivity index (χ0v) is 9.58. The van der Waals surface area contributed by atoms with Gasteiger partial charge < -0.3 is 10.2 Å². The highest BCUT2D eigenvalue weighted by atomic mass is 16.2. The van der Waals surface area contributed by atoms with Crippen LogP contribution < -0.4 is 5.32 Å². The van der Waals surface area contributed by atoms with E-state index in [4.69, 9.17) is 0 Å². The minimum atomic E-state index is -0.0359. The van der Waals surface area contributed by atoms with Gasteiger partial charge >= 0.3 is 0 Å². The van der Waals surface area contributed by atoms with E-state index in [1.54, 1.807) is 4.90 Å². The number of nitrogens with zero attached hydrogens (tertiary/aromatic N) is 1. The fourth-order valence-corrected chi connectivity index (χ4v) is 1.87. The summed E-state index contributed by atoms with van der Waals surface area (Å²) in [5.41, 5.74) is 0. The Balaban J connectivity index is 2.26. The summed E-state index contributed by atoms with van der Waals surface area (Å²) >= 11 is 0. The van der Waals surface area contributed by atoms with E-state index in [-0.39, 0.29) is 24.4 Å². The van der Waals surface area contributed by atoms with Crippen molar-refractivity contribution in [2.24, 2.45) is 0 Å². The molecular formula is C11H20N2O2. The summed E-state index contributed by atoms with van der Waals surface area (Å²) in [6, 6.07) is 0.209. The molecule has 0 aromatic carbocycles. The van der Waals surface area contributed by atoms with E-state index in [0.717, 1.165) is 25.8 Å². The van der Waals surface area contributed by atoms with E-state index in [9.17, 15) is 9.59 Å². The molecule has 1 atom stereocenters. The largest absolute Gasteiger partial charge is 0.352 e. The van der Waals surface area contributed by atoms with E-state index >= 15 is 0 Å². The first-order chi connectivity index (χ1) is 7.13. The molecule has 15 heavy (non-hydrogen) atoms. The minimum Gasteiger partial charge on any atom is -0.352 e. The molecule has 0 radical (unpaired) electrons. The maximum absolute atomic E-state index is 11.5. The molecule has 4 nitrogen and oxygen atoms in total. The summed E-state index contributed by atoms with van der Waals surface area (Å²) in [6.07, 6.45) is 3.53. The lowest BCUT2D eigenvalue weighted by atomic mass is 10.2. The van der Waals surface area contributed by atoms with E-state index in [1.165, 1.54) is 0 Å². The Kier molecular flexibility index (Phi) is 4.59. The van der Waals surface area contributed by atoms with Crippen LogP contribution in [0.5, 0.6) is 0 Å². The summed E-state index contributed by atoms with van der Waals surface area (Å²) in [4.78, 5) is 24.4. The van der Waals surface area contributed by atoms with Gasteiger partial charge in [-0.1, -0.05) is 13.3 Å². The Morgan fingerprint density at radius 1 is 1.60 bits per heavy atom. The molecule has 0 bridgehead atoms. The summed E-state index contributed by atoms with van der Waals surface area (Å²) in [5, 5.41) is 2.90. The second-order valence-corrected chi connectivity index (χ2v) is 4.18. The maximum Gasteiger partial charge on any atom is 0.239 e. The van der Waals surface area contributed by atoms with Crippen LogP contribution in [0.3, 0.4) is 0 Å². The lowest BCUT2D eigenvalue weighted by molar-refractivity contribution is -0.133. The first kappa shape index (κ1) is 12.0. The SMILES string of the molecule is CCC[C@@H](C)NC(=O)CN1CCCC1=O. The molecule has 86 valence electrons. The molecule has 0 spiro atoms. The van der Waals surface area contributed by atoms with Crippen molar-refractivity contribution in [3.8, 4) is 0 Å². The number of carbonyl (C=O) groups is 2. The van der Waals surface area contributed by atoms with Crippen molar-refractivity contribution in [3.05, 3.63) is 0 Å². The van der Waals surface area contributed by atoms with Gasteiger partial charge in [-0.3, -0.25) is 9.59 Å². The molecule has 1 heterocycles. The third-order valence-electron chi connectivity index (χ3n) is 2.63. The quantitative estimate of drug-likeness (QED) is 0.736. The fourth-order valence-electron chi connectivity index (χ4n) is 1.87. The Labute approximate surface area is 91.0 Å². The van der Waals surface area contributed by atoms with Gasteiger partial charge in [0.15, 0.2) is 0 Å². The van der Waals surface area contributed by atoms with E-state index < -0.39 is 0 Å². The van der Waals surface area contributed by atoms with Gasteiger partial charge in [0.2, 0.25) is 11.8 Å². The monoisotopic (exact) mass is 212 g/mol. The molecule has 1 N–H and O–H groups in total. The van der Waals surface area contributed by atoms with E-state index in [0.29, 0.717) is 6.42 Å². The molecule has 4 heteroatoms. The van der Waals surface area contributed by atoms with Crippen molar-refractivity contribution in [1.29, 1.82) is 0 Å². The van der Waals surface area contributed by atoms with Crippen LogP contribution in [0.4, 0.5) is 0 Å². The van der Waals surface area contributed by atoms with Crippen LogP contribution in [0, 0.1) is 0 Å². The second-order valence-electron chi connectivity index (χ2n) is 4.18. The van der Waals surface area contributed by atoms with Gasteiger partial charge in [-0.15, -0.1) is 0 Å². The van der Waals surface area contributed by atoms with Crippen molar-refractivity contribution in [3.63, 3.8) is 0 Å². The number of rotatable bonds is 5. The molecule has 0 saturated carbocycles. The number of hydrogen-bond acceptors (Lipinski definition) is 2. The molecule has 1 rings (SSSR count). The van der Waals surface area contributed by atoms with Crippen LogP contribution in [0.15, 0.2) is 0 Å². The Morgan fingerprint density at radius 2 is 2.33 bits per heavy atom. The number of amides is 2. The predicted molar refractivity (Wildman–Crippen MR) is 58.3 cm³/mol. The molecule has 1 saturated heterocycles. The smallest absolute Gasteiger partial charge is 0.239 e. The molecule has 1 aliphatic rings. The first-order valence-corrected chi connectivity index (χ1v) is 5.70. The fraction of sp³-hybridized carbons (Fsp3) is 0.818. The van der Waals surface area contributed by atoms with Gasteiger partial charge in [-0.05, 0) is 19.8 Å². The highest BCUT2D eigenvalue weighted by molar-refractivity contribution is 5.85. The van der Waals surface area contributed by atoms with E-state index in [1.807, 2.05) is 6.92 Å². The van der Waals surface area contributed by atoms with Crippen LogP contribution in [0.2, 0.25) is 0 Å². The number of carbonyl (C=O) groups excluding carboxylic acids is 2. The molecule has 0 aromatic heterocycles. The first-order valence-electron chi connectivity index (χ1n) is 5.70. The van der Waals surface area contributed by atoms with Crippen molar-refractivity contribution < 1.29 is 9.59 Å². The number of likely N-dealkylation sites (tertiary alicyclic amines) is 1. The molecule has 0 aromatic rings. The molecule has 1 fully saturated rings. The Morgan fingerprint density at radius 3 is 2.87 bits per heavy atom. The van der Waals surface area contributed by atoms with Crippen molar-refractivity contribution in [2.75, 3.05) is 13.1 Å². The van der Waals surface area contributed by atoms with Crippen molar-refractivity contribution in [2.45, 2.75) is 45.6 Å². The molecule has 2 amide bonds. The van der Waals surface area contributed by atoms with Gasteiger partial charge in [0, 0.05) is 19.0 Å². The topological polar surface area (TPSA) is 49.4 Å². The molecular weight excluding hydrogens is 192 g/mol. The zero-order chi connectivity index (χ0) is 11.3. The normalized spacial score (nSPS) is 18.0. The van der Waals surface area contributed by atoms with Gasteiger partial charge in [-0.2, -0.15) is 0 Å². The third-order valence-corrected chi connectivity index (χ3v) is 2.63. The number of nitrogens with one attached hydrogen (secondary N) is 1. The summed E-state index contributed by atoms with van der Waals surface area (Å²) < 4.78 is 0. The van der Waals surface area contributed by atoms with Crippen LogP contribution in [-0.4, -0.2) is 35.8 Å². The molecule has 0 unspecified atom stereocenters. The van der Waals surface area contributed by atoms with Crippen molar-refractivity contribution in [1.82, 2.24) is 10.2 Å². The highest BCUT2D eigenvalue weighted by Gasteiger charge is 2.22. The average molecular weight is 212 g/mol. The average Bonchev–Trinajstić information content (AvgIpc) is 2.52. The maximum atomic E-state index is 11.5. The van der Waals surface area contributed by atoms with E-state index in [2.05, 4.69) is 12.2 Å². The number of hydrogen-bond donors (Lipinski definition) is 1. The van der Waals surface area contributed by atoms with Crippen molar-refractivity contribution >= 4 is 11.8 Å². The lowest BCUT2D eigenvalue weighted by Crippen LogP contribution is -2.41. The van der Waals surface area contributed by atoms with Crippen LogP contribution in [0.1, 0.15) is 39.5 Å². The summed E-state index contributed by atoms with van der Waals surface area (Å²) in [5.74, 6) is 0.0690. The minimum absolute atomic E-state index is 0.0359.